The molecule has 0 atom stereocenters. The summed E-state index contributed by atoms with van der Waals surface area (Å²) in [5.74, 6) is -0.450. The quantitative estimate of drug-likeness (QED) is 0.706. The second-order valence-corrected chi connectivity index (χ2v) is 3.77. The van der Waals surface area contributed by atoms with Gasteiger partial charge in [-0.15, -0.1) is 0 Å². The normalized spacial score (nSPS) is 9.78. The Balaban J connectivity index is 2.34. The smallest absolute Gasteiger partial charge is 0.124 e. The average molecular weight is 242 g/mol. The van der Waals surface area contributed by atoms with Crippen LogP contribution in [-0.2, 0) is 0 Å². The summed E-state index contributed by atoms with van der Waals surface area (Å²) in [5.41, 5.74) is 13.6. The molecule has 0 aliphatic rings. The van der Waals surface area contributed by atoms with Gasteiger partial charge in [0.1, 0.15) is 11.9 Å². The molecule has 0 aliphatic heterocycles. The van der Waals surface area contributed by atoms with E-state index in [-0.39, 0.29) is 5.56 Å². The molecule has 0 spiro atoms. The molecule has 0 unspecified atom stereocenters. The van der Waals surface area contributed by atoms with Crippen LogP contribution in [0.4, 0.5) is 27.1 Å². The van der Waals surface area contributed by atoms with Crippen LogP contribution in [-0.4, -0.2) is 0 Å². The molecule has 90 valence electrons. The largest absolute Gasteiger partial charge is 0.397 e. The van der Waals surface area contributed by atoms with Gasteiger partial charge in [0, 0.05) is 5.69 Å². The highest BCUT2D eigenvalue weighted by Crippen LogP contribution is 2.25. The van der Waals surface area contributed by atoms with Crippen molar-refractivity contribution in [1.82, 2.24) is 0 Å². The van der Waals surface area contributed by atoms with Crippen LogP contribution in [0.15, 0.2) is 36.4 Å². The van der Waals surface area contributed by atoms with Gasteiger partial charge >= 0.3 is 0 Å². The fourth-order valence-corrected chi connectivity index (χ4v) is 1.53. The van der Waals surface area contributed by atoms with E-state index in [4.69, 9.17) is 16.7 Å². The molecule has 2 aromatic carbocycles. The van der Waals surface area contributed by atoms with E-state index in [9.17, 15) is 4.39 Å². The van der Waals surface area contributed by atoms with E-state index >= 15 is 0 Å². The number of halogens is 1. The van der Waals surface area contributed by atoms with Gasteiger partial charge in [-0.05, 0) is 36.4 Å². The van der Waals surface area contributed by atoms with Crippen molar-refractivity contribution in [2.75, 3.05) is 16.8 Å². The van der Waals surface area contributed by atoms with Crippen LogP contribution in [0, 0.1) is 17.1 Å². The summed E-state index contributed by atoms with van der Waals surface area (Å²) in [7, 11) is 0. The maximum absolute atomic E-state index is 13.0. The lowest BCUT2D eigenvalue weighted by atomic mass is 10.1. The lowest BCUT2D eigenvalue weighted by Gasteiger charge is -2.09. The number of nitrogens with zero attached hydrogens (tertiary/aromatic N) is 1. The number of hydrogen-bond acceptors (Lipinski definition) is 4. The number of rotatable bonds is 2. The molecule has 0 saturated carbocycles. The number of nitrogens with two attached hydrogens (primary N) is 2. The van der Waals surface area contributed by atoms with Gasteiger partial charge in [0.25, 0.3) is 0 Å². The van der Waals surface area contributed by atoms with Crippen molar-refractivity contribution >= 4 is 22.7 Å². The van der Waals surface area contributed by atoms with Crippen molar-refractivity contribution in [2.45, 2.75) is 0 Å². The monoisotopic (exact) mass is 242 g/mol. The van der Waals surface area contributed by atoms with E-state index < -0.39 is 5.82 Å². The number of benzene rings is 2. The first kappa shape index (κ1) is 11.7. The standard InChI is InChI=1S/C13H11FN4/c14-9-1-4-13(8(5-9)7-15)18-10-2-3-11(16)12(17)6-10/h1-6,18H,16-17H2. The minimum Gasteiger partial charge on any atom is -0.397 e. The van der Waals surface area contributed by atoms with Gasteiger partial charge in [-0.25, -0.2) is 4.39 Å². The number of nitrogen functional groups attached to an aromatic ring is 2. The first-order valence-electron chi connectivity index (χ1n) is 5.22. The molecule has 4 nitrogen and oxygen atoms in total. The van der Waals surface area contributed by atoms with E-state index in [1.54, 1.807) is 18.2 Å². The zero-order chi connectivity index (χ0) is 13.1. The molecule has 0 amide bonds. The molecule has 0 bridgehead atoms. The van der Waals surface area contributed by atoms with Crippen LogP contribution in [0.1, 0.15) is 5.56 Å². The third-order valence-electron chi connectivity index (χ3n) is 2.47. The molecule has 18 heavy (non-hydrogen) atoms. The number of anilines is 4. The third kappa shape index (κ3) is 2.33. The maximum Gasteiger partial charge on any atom is 0.124 e. The van der Waals surface area contributed by atoms with E-state index in [1.165, 1.54) is 18.2 Å². The Morgan fingerprint density at radius 2 is 1.83 bits per heavy atom. The number of hydrogen-bond donors (Lipinski definition) is 3. The molecule has 0 fully saturated rings. The minimum atomic E-state index is -0.450. The number of nitrogens with one attached hydrogen (secondary N) is 1. The van der Waals surface area contributed by atoms with Crippen molar-refractivity contribution in [2.24, 2.45) is 0 Å². The van der Waals surface area contributed by atoms with Crippen molar-refractivity contribution in [3.8, 4) is 6.07 Å². The average Bonchev–Trinajstić information content (AvgIpc) is 2.36. The van der Waals surface area contributed by atoms with Crippen molar-refractivity contribution in [3.63, 3.8) is 0 Å². The molecule has 0 aliphatic carbocycles. The lowest BCUT2D eigenvalue weighted by molar-refractivity contribution is 0.627. The van der Waals surface area contributed by atoms with E-state index in [2.05, 4.69) is 5.32 Å². The Labute approximate surface area is 104 Å². The molecular formula is C13H11FN4. The lowest BCUT2D eigenvalue weighted by Crippen LogP contribution is -1.98. The fourth-order valence-electron chi connectivity index (χ4n) is 1.53. The van der Waals surface area contributed by atoms with Crippen LogP contribution in [0.25, 0.3) is 0 Å². The molecular weight excluding hydrogens is 231 g/mol. The zero-order valence-corrected chi connectivity index (χ0v) is 9.44. The Morgan fingerprint density at radius 3 is 2.50 bits per heavy atom. The summed E-state index contributed by atoms with van der Waals surface area (Å²) < 4.78 is 13.0. The Morgan fingerprint density at radius 1 is 1.06 bits per heavy atom. The Bertz CT molecular complexity index is 631. The second-order valence-electron chi connectivity index (χ2n) is 3.77. The second kappa shape index (κ2) is 4.63. The van der Waals surface area contributed by atoms with Crippen LogP contribution in [0.3, 0.4) is 0 Å². The van der Waals surface area contributed by atoms with Crippen molar-refractivity contribution in [3.05, 3.63) is 47.8 Å². The summed E-state index contributed by atoms with van der Waals surface area (Å²) >= 11 is 0. The van der Waals surface area contributed by atoms with Gasteiger partial charge in [-0.3, -0.25) is 0 Å². The van der Waals surface area contributed by atoms with Crippen molar-refractivity contribution < 1.29 is 4.39 Å². The van der Waals surface area contributed by atoms with Crippen LogP contribution in [0.5, 0.6) is 0 Å². The molecule has 5 heteroatoms. The molecule has 0 heterocycles. The molecule has 2 aromatic rings. The predicted molar refractivity (Wildman–Crippen MR) is 69.7 cm³/mol. The predicted octanol–water partition coefficient (Wildman–Crippen LogP) is 2.61. The first-order chi connectivity index (χ1) is 8.60. The van der Waals surface area contributed by atoms with E-state index in [0.717, 1.165) is 0 Å². The van der Waals surface area contributed by atoms with Gasteiger partial charge in [-0.2, -0.15) is 5.26 Å². The topological polar surface area (TPSA) is 87.9 Å². The van der Waals surface area contributed by atoms with Crippen LogP contribution < -0.4 is 16.8 Å². The van der Waals surface area contributed by atoms with Crippen LogP contribution in [0.2, 0.25) is 0 Å². The van der Waals surface area contributed by atoms with Crippen LogP contribution >= 0.6 is 0 Å². The van der Waals surface area contributed by atoms with Crippen molar-refractivity contribution in [1.29, 1.82) is 5.26 Å². The molecule has 0 aromatic heterocycles. The summed E-state index contributed by atoms with van der Waals surface area (Å²) in [6.07, 6.45) is 0. The molecule has 5 N–H and O–H groups in total. The minimum absolute atomic E-state index is 0.227. The Hall–Kier alpha value is -2.74. The van der Waals surface area contributed by atoms with Gasteiger partial charge in [0.2, 0.25) is 0 Å². The molecule has 0 radical (unpaired) electrons. The third-order valence-corrected chi connectivity index (χ3v) is 2.47. The van der Waals surface area contributed by atoms with E-state index in [0.29, 0.717) is 22.7 Å². The summed E-state index contributed by atoms with van der Waals surface area (Å²) in [6.45, 7) is 0. The highest BCUT2D eigenvalue weighted by Gasteiger charge is 2.05. The zero-order valence-electron chi connectivity index (χ0n) is 9.44. The summed E-state index contributed by atoms with van der Waals surface area (Å²) in [5, 5.41) is 11.9. The summed E-state index contributed by atoms with van der Waals surface area (Å²) in [4.78, 5) is 0. The Kier molecular flexibility index (Phi) is 3.02. The number of nitriles is 1. The van der Waals surface area contributed by atoms with Gasteiger partial charge in [0.15, 0.2) is 0 Å². The van der Waals surface area contributed by atoms with E-state index in [1.807, 2.05) is 6.07 Å². The highest BCUT2D eigenvalue weighted by atomic mass is 19.1. The van der Waals surface area contributed by atoms with Gasteiger partial charge in [0.05, 0.1) is 22.6 Å². The maximum atomic E-state index is 13.0. The summed E-state index contributed by atoms with van der Waals surface area (Å²) in [6, 6.07) is 10.9. The van der Waals surface area contributed by atoms with Gasteiger partial charge < -0.3 is 16.8 Å². The molecule has 0 saturated heterocycles. The van der Waals surface area contributed by atoms with Gasteiger partial charge in [-0.1, -0.05) is 0 Å². The fraction of sp³-hybridized carbons (Fsp3) is 0. The SMILES string of the molecule is N#Cc1cc(F)ccc1Nc1ccc(N)c(N)c1. The first-order valence-corrected chi connectivity index (χ1v) is 5.22. The highest BCUT2D eigenvalue weighted by molar-refractivity contribution is 5.74. The molecule has 2 rings (SSSR count).